The Bertz CT molecular complexity index is 884. The van der Waals surface area contributed by atoms with Crippen LogP contribution in [0.15, 0.2) is 48.5 Å². The molecule has 2 aromatic carbocycles. The van der Waals surface area contributed by atoms with E-state index in [1.807, 2.05) is 67.5 Å². The number of para-hydroxylation sites is 1. The lowest BCUT2D eigenvalue weighted by molar-refractivity contribution is -0.138. The second-order valence-corrected chi connectivity index (χ2v) is 7.74. The summed E-state index contributed by atoms with van der Waals surface area (Å²) in [5.41, 5.74) is 2.68. The summed E-state index contributed by atoms with van der Waals surface area (Å²) >= 11 is 0. The number of carbonyl (C=O) groups excluding carboxylic acids is 1. The Hall–Kier alpha value is -2.90. The number of nitrogens with one attached hydrogen (secondary N) is 1. The van der Waals surface area contributed by atoms with Gasteiger partial charge in [0.05, 0.1) is 19.6 Å². The number of benzene rings is 2. The number of nitrogens with zero attached hydrogens (tertiary/aromatic N) is 2. The van der Waals surface area contributed by atoms with Crippen LogP contribution in [0.4, 0.5) is 0 Å². The van der Waals surface area contributed by atoms with Crippen LogP contribution in [0, 0.1) is 0 Å². The van der Waals surface area contributed by atoms with Crippen molar-refractivity contribution in [1.82, 2.24) is 15.1 Å². The minimum Gasteiger partial charge on any atom is -0.496 e. The number of carboxylic acids is 1. The van der Waals surface area contributed by atoms with Crippen LogP contribution in [0.2, 0.25) is 0 Å². The number of rotatable bonds is 7. The highest BCUT2D eigenvalue weighted by molar-refractivity contribution is 5.83. The van der Waals surface area contributed by atoms with Gasteiger partial charge in [-0.15, -0.1) is 0 Å². The lowest BCUT2D eigenvalue weighted by atomic mass is 9.98. The zero-order valence-corrected chi connectivity index (χ0v) is 17.7. The molecule has 0 aliphatic carbocycles. The molecule has 3 rings (SSSR count). The van der Waals surface area contributed by atoms with Gasteiger partial charge in [0, 0.05) is 25.2 Å². The van der Waals surface area contributed by atoms with E-state index in [-0.39, 0.29) is 18.4 Å². The molecule has 0 radical (unpaired) electrons. The van der Waals surface area contributed by atoms with Crippen LogP contribution in [-0.2, 0) is 9.59 Å². The third-order valence-corrected chi connectivity index (χ3v) is 5.58. The largest absolute Gasteiger partial charge is 0.496 e. The van der Waals surface area contributed by atoms with Gasteiger partial charge in [0.15, 0.2) is 0 Å². The van der Waals surface area contributed by atoms with Gasteiger partial charge in [-0.2, -0.15) is 0 Å². The molecule has 2 unspecified atom stereocenters. The number of amides is 1. The monoisotopic (exact) mass is 411 g/mol. The van der Waals surface area contributed by atoms with E-state index in [1.165, 1.54) is 0 Å². The highest BCUT2D eigenvalue weighted by atomic mass is 16.5. The van der Waals surface area contributed by atoms with Crippen molar-refractivity contribution in [3.05, 3.63) is 54.1 Å². The normalized spacial score (nSPS) is 18.6. The molecule has 2 aromatic rings. The summed E-state index contributed by atoms with van der Waals surface area (Å²) in [6.07, 6.45) is -0.175. The van der Waals surface area contributed by atoms with E-state index in [2.05, 4.69) is 10.2 Å². The number of hydrogen-bond donors (Lipinski definition) is 2. The second-order valence-electron chi connectivity index (χ2n) is 7.74. The molecule has 0 bridgehead atoms. The third-order valence-electron chi connectivity index (χ3n) is 5.58. The Labute approximate surface area is 177 Å². The zero-order valence-electron chi connectivity index (χ0n) is 17.7. The maximum absolute atomic E-state index is 12.9. The average Bonchev–Trinajstić information content (AvgIpc) is 2.74. The number of aliphatic carboxylic acids is 1. The second kappa shape index (κ2) is 9.73. The van der Waals surface area contributed by atoms with Crippen molar-refractivity contribution in [3.8, 4) is 16.9 Å². The molecule has 7 heteroatoms. The maximum Gasteiger partial charge on any atom is 0.305 e. The van der Waals surface area contributed by atoms with Gasteiger partial charge < -0.3 is 20.1 Å². The molecule has 160 valence electrons. The van der Waals surface area contributed by atoms with Gasteiger partial charge in [0.1, 0.15) is 11.8 Å². The molecule has 1 saturated heterocycles. The number of carbonyl (C=O) groups is 2. The lowest BCUT2D eigenvalue weighted by Crippen LogP contribution is -2.57. The fraction of sp³-hybridized carbons (Fsp3) is 0.391. The van der Waals surface area contributed by atoms with Crippen molar-refractivity contribution in [1.29, 1.82) is 0 Å². The Kier molecular flexibility index (Phi) is 7.07. The van der Waals surface area contributed by atoms with E-state index < -0.39 is 12.0 Å². The first-order chi connectivity index (χ1) is 14.4. The topological polar surface area (TPSA) is 82.1 Å². The molecule has 7 nitrogen and oxygen atoms in total. The number of ether oxygens (including phenoxy) is 1. The first kappa shape index (κ1) is 21.8. The Morgan fingerprint density at radius 3 is 2.50 bits per heavy atom. The van der Waals surface area contributed by atoms with Gasteiger partial charge in [-0.05, 0) is 31.3 Å². The van der Waals surface area contributed by atoms with Crippen LogP contribution in [0.25, 0.3) is 11.1 Å². The highest BCUT2D eigenvalue weighted by Crippen LogP contribution is 2.30. The summed E-state index contributed by atoms with van der Waals surface area (Å²) in [5.74, 6) is -0.336. The van der Waals surface area contributed by atoms with Crippen molar-refractivity contribution in [3.63, 3.8) is 0 Å². The summed E-state index contributed by atoms with van der Waals surface area (Å²) < 4.78 is 5.43. The van der Waals surface area contributed by atoms with E-state index in [0.29, 0.717) is 6.54 Å². The third kappa shape index (κ3) is 5.17. The van der Waals surface area contributed by atoms with Crippen molar-refractivity contribution in [2.75, 3.05) is 40.8 Å². The van der Waals surface area contributed by atoms with Crippen LogP contribution in [0.1, 0.15) is 18.0 Å². The first-order valence-electron chi connectivity index (χ1n) is 10.0. The lowest BCUT2D eigenvalue weighted by Gasteiger charge is -2.37. The number of carboxylic acid groups (broad SMARTS) is 1. The van der Waals surface area contributed by atoms with Crippen LogP contribution in [-0.4, -0.2) is 73.7 Å². The molecule has 0 saturated carbocycles. The fourth-order valence-electron chi connectivity index (χ4n) is 3.77. The van der Waals surface area contributed by atoms with E-state index in [9.17, 15) is 14.7 Å². The van der Waals surface area contributed by atoms with Crippen LogP contribution >= 0.6 is 0 Å². The molecule has 0 spiro atoms. The quantitative estimate of drug-likeness (QED) is 0.727. The zero-order chi connectivity index (χ0) is 21.7. The van der Waals surface area contributed by atoms with Gasteiger partial charge in [-0.25, -0.2) is 0 Å². The highest BCUT2D eigenvalue weighted by Gasteiger charge is 2.30. The summed E-state index contributed by atoms with van der Waals surface area (Å²) in [7, 11) is 5.54. The summed E-state index contributed by atoms with van der Waals surface area (Å²) in [4.78, 5) is 28.5. The molecule has 2 atom stereocenters. The van der Waals surface area contributed by atoms with E-state index in [1.54, 1.807) is 7.11 Å². The molecule has 1 aliphatic rings. The summed E-state index contributed by atoms with van der Waals surface area (Å²) in [6, 6.07) is 14.4. The minimum atomic E-state index is -0.955. The SMILES string of the molecule is COc1ccccc1-c1ccc(C(CC(=O)O)NC(=O)C2CN(C)CCN2C)cc1. The Balaban J connectivity index is 1.80. The number of likely N-dealkylation sites (N-methyl/N-ethyl adjacent to an activating group) is 2. The van der Waals surface area contributed by atoms with Gasteiger partial charge in [-0.1, -0.05) is 42.5 Å². The van der Waals surface area contributed by atoms with Crippen molar-refractivity contribution in [2.45, 2.75) is 18.5 Å². The number of methoxy groups -OCH3 is 1. The van der Waals surface area contributed by atoms with Gasteiger partial charge >= 0.3 is 5.97 Å². The molecule has 0 aromatic heterocycles. The van der Waals surface area contributed by atoms with Crippen molar-refractivity contribution < 1.29 is 19.4 Å². The predicted octanol–water partition coefficient (Wildman–Crippen LogP) is 2.24. The molecular weight excluding hydrogens is 382 g/mol. The summed E-state index contributed by atoms with van der Waals surface area (Å²) in [6.45, 7) is 2.32. The first-order valence-corrected chi connectivity index (χ1v) is 10.0. The van der Waals surface area contributed by atoms with E-state index in [0.717, 1.165) is 35.5 Å². The van der Waals surface area contributed by atoms with Crippen molar-refractivity contribution >= 4 is 11.9 Å². The minimum absolute atomic E-state index is 0.149. The molecule has 2 N–H and O–H groups in total. The van der Waals surface area contributed by atoms with Crippen LogP contribution in [0.5, 0.6) is 5.75 Å². The Morgan fingerprint density at radius 1 is 1.13 bits per heavy atom. The van der Waals surface area contributed by atoms with Crippen molar-refractivity contribution in [2.24, 2.45) is 0 Å². The molecule has 1 amide bonds. The van der Waals surface area contributed by atoms with Gasteiger partial charge in [0.25, 0.3) is 0 Å². The molecule has 1 fully saturated rings. The Morgan fingerprint density at radius 2 is 1.83 bits per heavy atom. The average molecular weight is 412 g/mol. The predicted molar refractivity (Wildman–Crippen MR) is 115 cm³/mol. The maximum atomic E-state index is 12.9. The molecule has 1 aliphatic heterocycles. The number of hydrogen-bond acceptors (Lipinski definition) is 5. The van der Waals surface area contributed by atoms with Gasteiger partial charge in [0.2, 0.25) is 5.91 Å². The molecular formula is C23H29N3O4. The van der Waals surface area contributed by atoms with Crippen LogP contribution in [0.3, 0.4) is 0 Å². The number of piperazine rings is 1. The molecule has 30 heavy (non-hydrogen) atoms. The molecule has 1 heterocycles. The van der Waals surface area contributed by atoms with E-state index >= 15 is 0 Å². The van der Waals surface area contributed by atoms with E-state index in [4.69, 9.17) is 4.74 Å². The standard InChI is InChI=1S/C23H29N3O4/c1-25-12-13-26(2)20(15-25)23(29)24-19(14-22(27)28)17-10-8-16(9-11-17)18-6-4-5-7-21(18)30-3/h4-11,19-20H,12-15H2,1-3H3,(H,24,29)(H,27,28). The smallest absolute Gasteiger partial charge is 0.305 e. The van der Waals surface area contributed by atoms with Gasteiger partial charge in [-0.3, -0.25) is 14.5 Å². The summed E-state index contributed by atoms with van der Waals surface area (Å²) in [5, 5.41) is 12.3. The van der Waals surface area contributed by atoms with Crippen LogP contribution < -0.4 is 10.1 Å². The fourth-order valence-corrected chi connectivity index (χ4v) is 3.77.